The molecule has 1 amide bonds. The quantitative estimate of drug-likeness (QED) is 0.385. The van der Waals surface area contributed by atoms with Gasteiger partial charge in [-0.15, -0.1) is 5.10 Å². The van der Waals surface area contributed by atoms with E-state index in [9.17, 15) is 4.79 Å². The molecule has 0 radical (unpaired) electrons. The zero-order valence-corrected chi connectivity index (χ0v) is 22.9. The number of nitrogens with zero attached hydrogens (tertiary/aromatic N) is 9. The molecule has 36 heavy (non-hydrogen) atoms. The number of likely N-dealkylation sites (tertiary alicyclic amines) is 1. The number of aryl methyl sites for hydroxylation is 1. The molecule has 0 spiro atoms. The summed E-state index contributed by atoms with van der Waals surface area (Å²) in [6.07, 6.45) is 8.60. The minimum Gasteiger partial charge on any atom is -0.436 e. The first-order valence-electron chi connectivity index (χ1n) is 11.6. The van der Waals surface area contributed by atoms with E-state index in [0.29, 0.717) is 29.6 Å². The summed E-state index contributed by atoms with van der Waals surface area (Å²) in [4.78, 5) is 32.3. The van der Waals surface area contributed by atoms with Gasteiger partial charge in [-0.1, -0.05) is 29.2 Å². The van der Waals surface area contributed by atoms with Crippen molar-refractivity contribution in [3.8, 4) is 22.6 Å². The van der Waals surface area contributed by atoms with E-state index in [1.54, 1.807) is 30.2 Å². The summed E-state index contributed by atoms with van der Waals surface area (Å²) in [7, 11) is 1.83. The van der Waals surface area contributed by atoms with Gasteiger partial charge in [0.05, 0.1) is 18.1 Å². The molecule has 1 saturated heterocycles. The number of rotatable bonds is 5. The fourth-order valence-electron chi connectivity index (χ4n) is 4.36. The smallest absolute Gasteiger partial charge is 0.436 e. The second-order valence-corrected chi connectivity index (χ2v) is 8.79. The van der Waals surface area contributed by atoms with E-state index < -0.39 is 0 Å². The van der Waals surface area contributed by atoms with Crippen LogP contribution in [0.1, 0.15) is 38.4 Å². The summed E-state index contributed by atoms with van der Waals surface area (Å²) < 4.78 is 1.67. The number of carbonyl (C=O) groups excluding carboxylic acids is 1. The van der Waals surface area contributed by atoms with Crippen molar-refractivity contribution in [2.45, 2.75) is 38.6 Å². The van der Waals surface area contributed by atoms with Gasteiger partial charge in [-0.25, -0.2) is 0 Å². The average Bonchev–Trinajstić information content (AvgIpc) is 3.31. The van der Waals surface area contributed by atoms with E-state index in [0.717, 1.165) is 29.8 Å². The standard InChI is InChI=1S/C25H26N9O.Na/c1-16-7-8-19(14-34(16)17(2)35)25-29-21(22-13-26-9-10-27-22)12-24(30-25)28-20-6-4-5-18(11-20)23-15-33(3)32-31-23;/h4-6,9-13,15-16,19H,7-8,14H2,1-3H3;/q-1;+1/t16-,19+;/m0./s1. The largest absolute Gasteiger partial charge is 1.00 e. The Labute approximate surface area is 231 Å². The SMILES string of the molecule is CC(=O)N1C[C@H](c2nc([N-]c3cccc(-c4cn(C)nn4)c3)cc(-c3cnccn3)n2)CC[C@@H]1C.[Na+]. The average molecular weight is 492 g/mol. The van der Waals surface area contributed by atoms with Gasteiger partial charge < -0.3 is 15.2 Å². The summed E-state index contributed by atoms with van der Waals surface area (Å²) in [6.45, 7) is 4.28. The van der Waals surface area contributed by atoms with E-state index >= 15 is 0 Å². The van der Waals surface area contributed by atoms with Crippen LogP contribution in [0.2, 0.25) is 0 Å². The second kappa shape index (κ2) is 11.2. The minimum atomic E-state index is 0. The number of benzene rings is 1. The number of amides is 1. The molecule has 11 heteroatoms. The van der Waals surface area contributed by atoms with E-state index in [1.807, 2.05) is 48.5 Å². The molecule has 0 saturated carbocycles. The van der Waals surface area contributed by atoms with Gasteiger partial charge in [0.15, 0.2) is 0 Å². The van der Waals surface area contributed by atoms with Crippen molar-refractivity contribution >= 4 is 17.4 Å². The fourth-order valence-corrected chi connectivity index (χ4v) is 4.36. The van der Waals surface area contributed by atoms with Gasteiger partial charge in [0.2, 0.25) is 5.91 Å². The molecule has 5 rings (SSSR count). The summed E-state index contributed by atoms with van der Waals surface area (Å²) in [5, 5.41) is 13.0. The van der Waals surface area contributed by atoms with E-state index in [1.165, 1.54) is 0 Å². The summed E-state index contributed by atoms with van der Waals surface area (Å²) in [5.74, 6) is 1.28. The molecule has 4 heterocycles. The molecule has 10 nitrogen and oxygen atoms in total. The summed E-state index contributed by atoms with van der Waals surface area (Å²) in [6, 6.07) is 9.80. The maximum atomic E-state index is 12.2. The van der Waals surface area contributed by atoms with Gasteiger partial charge in [-0.2, -0.15) is 0 Å². The Kier molecular flexibility index (Phi) is 8.07. The third-order valence-electron chi connectivity index (χ3n) is 6.20. The van der Waals surface area contributed by atoms with Crippen molar-refractivity contribution < 1.29 is 34.4 Å². The van der Waals surface area contributed by atoms with E-state index in [-0.39, 0.29) is 47.4 Å². The molecule has 0 bridgehead atoms. The minimum absolute atomic E-state index is 0. The molecule has 0 aliphatic carbocycles. The number of carbonyl (C=O) groups is 1. The molecule has 1 fully saturated rings. The zero-order chi connectivity index (χ0) is 24.4. The third kappa shape index (κ3) is 5.77. The molecule has 4 aromatic rings. The Morgan fingerprint density at radius 2 is 1.94 bits per heavy atom. The van der Waals surface area contributed by atoms with Crippen molar-refractivity contribution in [2.75, 3.05) is 6.54 Å². The van der Waals surface area contributed by atoms with Crippen LogP contribution >= 0.6 is 0 Å². The van der Waals surface area contributed by atoms with Crippen LogP contribution in [0.15, 0.2) is 55.1 Å². The van der Waals surface area contributed by atoms with Crippen molar-refractivity contribution in [1.82, 2.24) is 39.8 Å². The molecule has 1 aromatic carbocycles. The predicted octanol–water partition coefficient (Wildman–Crippen LogP) is 1.18. The molecule has 2 atom stereocenters. The molecule has 1 aliphatic heterocycles. The van der Waals surface area contributed by atoms with Crippen LogP contribution < -0.4 is 29.6 Å². The van der Waals surface area contributed by atoms with Gasteiger partial charge >= 0.3 is 29.6 Å². The molecule has 1 aliphatic rings. The second-order valence-electron chi connectivity index (χ2n) is 8.79. The van der Waals surface area contributed by atoms with Crippen molar-refractivity contribution in [3.63, 3.8) is 0 Å². The number of hydrogen-bond donors (Lipinski definition) is 0. The van der Waals surface area contributed by atoms with Gasteiger partial charge in [-0.05, 0) is 37.6 Å². The van der Waals surface area contributed by atoms with Crippen molar-refractivity contribution in [1.29, 1.82) is 0 Å². The molecule has 0 N–H and O–H groups in total. The van der Waals surface area contributed by atoms with Crippen LogP contribution in [0.4, 0.5) is 11.5 Å². The van der Waals surface area contributed by atoms with Crippen LogP contribution in [-0.2, 0) is 11.8 Å². The van der Waals surface area contributed by atoms with Gasteiger partial charge in [0, 0.05) is 56.3 Å². The normalized spacial score (nSPS) is 17.4. The number of aromatic nitrogens is 7. The molecule has 0 unspecified atom stereocenters. The molecule has 3 aromatic heterocycles. The van der Waals surface area contributed by atoms with Crippen molar-refractivity contribution in [3.05, 3.63) is 66.3 Å². The molecule has 178 valence electrons. The Balaban J connectivity index is 0.00000304. The van der Waals surface area contributed by atoms with E-state index in [2.05, 4.69) is 27.2 Å². The van der Waals surface area contributed by atoms with Gasteiger partial charge in [0.1, 0.15) is 11.4 Å². The van der Waals surface area contributed by atoms with Crippen LogP contribution in [0.3, 0.4) is 0 Å². The Morgan fingerprint density at radius 1 is 1.08 bits per heavy atom. The molecular weight excluding hydrogens is 465 g/mol. The van der Waals surface area contributed by atoms with Crippen LogP contribution in [0.5, 0.6) is 0 Å². The van der Waals surface area contributed by atoms with Gasteiger partial charge in [0.25, 0.3) is 0 Å². The predicted molar refractivity (Wildman–Crippen MR) is 131 cm³/mol. The number of hydrogen-bond acceptors (Lipinski definition) is 7. The molecular formula is C25H26N9NaO. The maximum Gasteiger partial charge on any atom is 1.00 e. The summed E-state index contributed by atoms with van der Waals surface area (Å²) in [5.41, 5.74) is 3.73. The van der Waals surface area contributed by atoms with Crippen LogP contribution in [0, 0.1) is 0 Å². The Morgan fingerprint density at radius 3 is 2.67 bits per heavy atom. The van der Waals surface area contributed by atoms with E-state index in [4.69, 9.17) is 15.3 Å². The first-order chi connectivity index (χ1) is 17.0. The Hall–Kier alpha value is -3.21. The summed E-state index contributed by atoms with van der Waals surface area (Å²) >= 11 is 0. The first kappa shape index (κ1) is 25.9. The first-order valence-corrected chi connectivity index (χ1v) is 11.6. The number of piperidine rings is 1. The van der Waals surface area contributed by atoms with Crippen molar-refractivity contribution in [2.24, 2.45) is 7.05 Å². The topological polar surface area (TPSA) is 117 Å². The third-order valence-corrected chi connectivity index (χ3v) is 6.20. The van der Waals surface area contributed by atoms with Gasteiger partial charge in [-0.3, -0.25) is 24.4 Å². The Bertz CT molecular complexity index is 1340. The monoisotopic (exact) mass is 491 g/mol. The van der Waals surface area contributed by atoms with Crippen LogP contribution in [-0.4, -0.2) is 58.3 Å². The van der Waals surface area contributed by atoms with Crippen LogP contribution in [0.25, 0.3) is 28.0 Å². The maximum absolute atomic E-state index is 12.2. The fraction of sp³-hybridized carbons (Fsp3) is 0.320. The zero-order valence-electron chi connectivity index (χ0n) is 20.9.